The van der Waals surface area contributed by atoms with Gasteiger partial charge in [0.05, 0.1) is 6.54 Å². The minimum atomic E-state index is 0.533. The van der Waals surface area contributed by atoms with E-state index in [9.17, 15) is 0 Å². The molecule has 0 aliphatic rings. The maximum atomic E-state index is 6.05. The van der Waals surface area contributed by atoms with Crippen molar-refractivity contribution in [3.8, 4) is 0 Å². The molecule has 0 spiro atoms. The van der Waals surface area contributed by atoms with Gasteiger partial charge in [-0.15, -0.1) is 10.2 Å². The first-order valence-electron chi connectivity index (χ1n) is 7.84. The SMILES string of the molecule is CN=C(NCCc1cc(Cl)ccc1Br)NCc1nnc2ccccn12. The highest BCUT2D eigenvalue weighted by Crippen LogP contribution is 2.21. The second kappa shape index (κ2) is 8.31. The van der Waals surface area contributed by atoms with E-state index >= 15 is 0 Å². The van der Waals surface area contributed by atoms with Gasteiger partial charge in [-0.05, 0) is 42.3 Å². The predicted molar refractivity (Wildman–Crippen MR) is 104 cm³/mol. The van der Waals surface area contributed by atoms with E-state index in [4.69, 9.17) is 11.6 Å². The molecule has 0 fully saturated rings. The first-order chi connectivity index (χ1) is 12.2. The summed E-state index contributed by atoms with van der Waals surface area (Å²) in [6.45, 7) is 1.27. The molecule has 0 saturated heterocycles. The number of aromatic nitrogens is 3. The Kier molecular flexibility index (Phi) is 5.88. The lowest BCUT2D eigenvalue weighted by Gasteiger charge is -2.12. The van der Waals surface area contributed by atoms with Crippen LogP contribution >= 0.6 is 27.5 Å². The lowest BCUT2D eigenvalue weighted by Crippen LogP contribution is -2.38. The van der Waals surface area contributed by atoms with Crippen LogP contribution in [0.25, 0.3) is 5.65 Å². The number of hydrogen-bond donors (Lipinski definition) is 2. The van der Waals surface area contributed by atoms with Gasteiger partial charge in [0.2, 0.25) is 0 Å². The van der Waals surface area contributed by atoms with Crippen molar-refractivity contribution in [3.63, 3.8) is 0 Å². The molecule has 6 nitrogen and oxygen atoms in total. The van der Waals surface area contributed by atoms with Crippen LogP contribution in [0.2, 0.25) is 5.02 Å². The van der Waals surface area contributed by atoms with Crippen LogP contribution in [0.3, 0.4) is 0 Å². The van der Waals surface area contributed by atoms with Gasteiger partial charge in [-0.3, -0.25) is 9.39 Å². The summed E-state index contributed by atoms with van der Waals surface area (Å²) in [5.74, 6) is 1.54. The average molecular weight is 422 g/mol. The zero-order valence-electron chi connectivity index (χ0n) is 13.7. The third kappa shape index (κ3) is 4.49. The first kappa shape index (κ1) is 17.7. The maximum Gasteiger partial charge on any atom is 0.191 e. The Balaban J connectivity index is 1.54. The van der Waals surface area contributed by atoms with Gasteiger partial charge in [0.15, 0.2) is 17.4 Å². The number of rotatable bonds is 5. The summed E-state index contributed by atoms with van der Waals surface area (Å²) in [6.07, 6.45) is 2.77. The molecule has 1 aromatic carbocycles. The Hall–Kier alpha value is -2.12. The molecule has 0 radical (unpaired) electrons. The summed E-state index contributed by atoms with van der Waals surface area (Å²) in [5.41, 5.74) is 1.98. The van der Waals surface area contributed by atoms with Crippen LogP contribution in [0.5, 0.6) is 0 Å². The van der Waals surface area contributed by atoms with Crippen molar-refractivity contribution in [2.45, 2.75) is 13.0 Å². The molecule has 2 heterocycles. The summed E-state index contributed by atoms with van der Waals surface area (Å²) >= 11 is 9.59. The fourth-order valence-electron chi connectivity index (χ4n) is 2.45. The summed E-state index contributed by atoms with van der Waals surface area (Å²) in [6, 6.07) is 11.6. The zero-order valence-corrected chi connectivity index (χ0v) is 16.0. The van der Waals surface area contributed by atoms with E-state index < -0.39 is 0 Å². The Morgan fingerprint density at radius 3 is 2.96 bits per heavy atom. The standard InChI is InChI=1S/C17H18BrClN6/c1-20-17(21-8-7-12-10-13(19)5-6-14(12)18)22-11-16-24-23-15-4-2-3-9-25(15)16/h2-6,9-10H,7-8,11H2,1H3,(H2,20,21,22). The molecule has 0 bridgehead atoms. The van der Waals surface area contributed by atoms with E-state index in [-0.39, 0.29) is 0 Å². The number of nitrogens with zero attached hydrogens (tertiary/aromatic N) is 4. The maximum absolute atomic E-state index is 6.05. The van der Waals surface area contributed by atoms with E-state index in [1.54, 1.807) is 7.05 Å². The van der Waals surface area contributed by atoms with E-state index in [0.717, 1.165) is 39.5 Å². The summed E-state index contributed by atoms with van der Waals surface area (Å²) in [5, 5.41) is 15.6. The van der Waals surface area contributed by atoms with Crippen molar-refractivity contribution in [1.82, 2.24) is 25.2 Å². The summed E-state index contributed by atoms with van der Waals surface area (Å²) < 4.78 is 3.00. The second-order valence-corrected chi connectivity index (χ2v) is 6.67. The fourth-order valence-corrected chi connectivity index (χ4v) is 3.08. The molecule has 0 saturated carbocycles. The van der Waals surface area contributed by atoms with Gasteiger partial charge in [-0.1, -0.05) is 33.6 Å². The minimum Gasteiger partial charge on any atom is -0.356 e. The number of fused-ring (bicyclic) bond motifs is 1. The van der Waals surface area contributed by atoms with Crippen LogP contribution in [-0.4, -0.2) is 34.2 Å². The number of aliphatic imine (C=N–C) groups is 1. The van der Waals surface area contributed by atoms with E-state index in [0.29, 0.717) is 12.5 Å². The van der Waals surface area contributed by atoms with Crippen molar-refractivity contribution in [2.24, 2.45) is 4.99 Å². The lowest BCUT2D eigenvalue weighted by atomic mass is 10.1. The Morgan fingerprint density at radius 2 is 2.12 bits per heavy atom. The highest BCUT2D eigenvalue weighted by Gasteiger charge is 2.06. The highest BCUT2D eigenvalue weighted by atomic mass is 79.9. The Morgan fingerprint density at radius 1 is 1.24 bits per heavy atom. The molecular formula is C17H18BrClN6. The molecule has 2 N–H and O–H groups in total. The predicted octanol–water partition coefficient (Wildman–Crippen LogP) is 3.05. The number of nitrogens with one attached hydrogen (secondary N) is 2. The molecule has 3 rings (SSSR count). The third-order valence-electron chi connectivity index (χ3n) is 3.72. The largest absolute Gasteiger partial charge is 0.356 e. The van der Waals surface area contributed by atoms with Crippen LogP contribution in [0.4, 0.5) is 0 Å². The van der Waals surface area contributed by atoms with Crippen molar-refractivity contribution in [2.75, 3.05) is 13.6 Å². The van der Waals surface area contributed by atoms with Gasteiger partial charge < -0.3 is 10.6 Å². The smallest absolute Gasteiger partial charge is 0.191 e. The number of halogens is 2. The molecule has 25 heavy (non-hydrogen) atoms. The van der Waals surface area contributed by atoms with Crippen LogP contribution in [0, 0.1) is 0 Å². The number of pyridine rings is 1. The Bertz CT molecular complexity index is 892. The lowest BCUT2D eigenvalue weighted by molar-refractivity contribution is 0.757. The molecule has 3 aromatic rings. The first-order valence-corrected chi connectivity index (χ1v) is 9.01. The van der Waals surface area contributed by atoms with Crippen LogP contribution in [-0.2, 0) is 13.0 Å². The quantitative estimate of drug-likeness (QED) is 0.491. The van der Waals surface area contributed by atoms with Gasteiger partial charge in [0, 0.05) is 29.3 Å². The molecule has 2 aromatic heterocycles. The number of benzene rings is 1. The van der Waals surface area contributed by atoms with E-state index in [1.165, 1.54) is 0 Å². The summed E-state index contributed by atoms with van der Waals surface area (Å²) in [7, 11) is 1.74. The van der Waals surface area contributed by atoms with Gasteiger partial charge in [0.1, 0.15) is 0 Å². The van der Waals surface area contributed by atoms with Crippen molar-refractivity contribution >= 4 is 39.1 Å². The Labute approximate surface area is 159 Å². The van der Waals surface area contributed by atoms with Crippen LogP contribution < -0.4 is 10.6 Å². The molecule has 0 aliphatic carbocycles. The van der Waals surface area contributed by atoms with Crippen LogP contribution in [0.15, 0.2) is 52.1 Å². The number of hydrogen-bond acceptors (Lipinski definition) is 3. The van der Waals surface area contributed by atoms with Gasteiger partial charge >= 0.3 is 0 Å². The van der Waals surface area contributed by atoms with Crippen molar-refractivity contribution < 1.29 is 0 Å². The van der Waals surface area contributed by atoms with Crippen molar-refractivity contribution in [1.29, 1.82) is 0 Å². The molecule has 0 unspecified atom stereocenters. The van der Waals surface area contributed by atoms with E-state index in [2.05, 4.69) is 41.8 Å². The third-order valence-corrected chi connectivity index (χ3v) is 4.73. The average Bonchev–Trinajstić information content (AvgIpc) is 3.04. The molecule has 0 amide bonds. The highest BCUT2D eigenvalue weighted by molar-refractivity contribution is 9.10. The normalized spacial score (nSPS) is 11.7. The molecule has 0 aliphatic heterocycles. The zero-order chi connectivity index (χ0) is 17.6. The fraction of sp³-hybridized carbons (Fsp3) is 0.235. The second-order valence-electron chi connectivity index (χ2n) is 5.38. The van der Waals surface area contributed by atoms with Gasteiger partial charge in [-0.2, -0.15) is 0 Å². The molecule has 8 heteroatoms. The monoisotopic (exact) mass is 420 g/mol. The molecule has 130 valence electrons. The minimum absolute atomic E-state index is 0.533. The van der Waals surface area contributed by atoms with Gasteiger partial charge in [-0.25, -0.2) is 0 Å². The molecule has 0 atom stereocenters. The van der Waals surface area contributed by atoms with Gasteiger partial charge in [0.25, 0.3) is 0 Å². The van der Waals surface area contributed by atoms with Crippen molar-refractivity contribution in [3.05, 3.63) is 63.5 Å². The topological polar surface area (TPSA) is 66.6 Å². The molecular weight excluding hydrogens is 404 g/mol. The van der Waals surface area contributed by atoms with Crippen LogP contribution in [0.1, 0.15) is 11.4 Å². The summed E-state index contributed by atoms with van der Waals surface area (Å²) in [4.78, 5) is 4.24. The van der Waals surface area contributed by atoms with E-state index in [1.807, 2.05) is 47.0 Å². The number of guanidine groups is 1.